The fourth-order valence-electron chi connectivity index (χ4n) is 2.22. The molecule has 0 spiro atoms. The summed E-state index contributed by atoms with van der Waals surface area (Å²) >= 11 is 5.10. The van der Waals surface area contributed by atoms with E-state index >= 15 is 0 Å². The van der Waals surface area contributed by atoms with Crippen molar-refractivity contribution < 1.29 is 5.11 Å². The van der Waals surface area contributed by atoms with E-state index in [4.69, 9.17) is 5.11 Å². The smallest absolute Gasteiger partial charge is 0.127 e. The Balaban J connectivity index is 2.16. The molecule has 0 saturated carbocycles. The number of hydrogen-bond acceptors (Lipinski definition) is 3. The minimum atomic E-state index is 0.149. The predicted molar refractivity (Wildman–Crippen MR) is 82.5 cm³/mol. The van der Waals surface area contributed by atoms with Gasteiger partial charge in [-0.15, -0.1) is 11.3 Å². The van der Waals surface area contributed by atoms with Gasteiger partial charge in [-0.05, 0) is 22.0 Å². The zero-order chi connectivity index (χ0) is 13.4. The van der Waals surface area contributed by atoms with Crippen LogP contribution in [0.4, 0.5) is 0 Å². The highest BCUT2D eigenvalue weighted by atomic mass is 79.9. The molecular weight excluding hydrogens is 324 g/mol. The number of aromatic nitrogens is 2. The molecule has 19 heavy (non-hydrogen) atoms. The van der Waals surface area contributed by atoms with Crippen LogP contribution in [0.2, 0.25) is 0 Å². The van der Waals surface area contributed by atoms with E-state index in [0.29, 0.717) is 6.42 Å². The first kappa shape index (κ1) is 12.8. The molecule has 1 aromatic carbocycles. The third kappa shape index (κ3) is 2.22. The molecule has 0 aliphatic heterocycles. The van der Waals surface area contributed by atoms with Crippen LogP contribution in [0.1, 0.15) is 4.88 Å². The third-order valence-corrected chi connectivity index (χ3v) is 5.18. The van der Waals surface area contributed by atoms with Crippen LogP contribution >= 0.6 is 27.3 Å². The number of nitrogens with zero attached hydrogens (tertiary/aromatic N) is 2. The Kier molecular flexibility index (Phi) is 3.43. The van der Waals surface area contributed by atoms with Crippen molar-refractivity contribution in [2.45, 2.75) is 6.42 Å². The lowest BCUT2D eigenvalue weighted by atomic mass is 10.2. The molecule has 0 unspecified atom stereocenters. The van der Waals surface area contributed by atoms with Crippen LogP contribution in [0.15, 0.2) is 35.1 Å². The highest BCUT2D eigenvalue weighted by Crippen LogP contribution is 2.36. The van der Waals surface area contributed by atoms with Crippen molar-refractivity contribution in [1.82, 2.24) is 9.55 Å². The summed E-state index contributed by atoms with van der Waals surface area (Å²) in [6.07, 6.45) is 2.75. The topological polar surface area (TPSA) is 38.0 Å². The number of fused-ring (bicyclic) bond motifs is 1. The van der Waals surface area contributed by atoms with Crippen LogP contribution in [-0.4, -0.2) is 21.3 Å². The molecule has 3 aromatic rings. The van der Waals surface area contributed by atoms with E-state index in [1.54, 1.807) is 11.3 Å². The van der Waals surface area contributed by atoms with E-state index in [1.807, 2.05) is 19.2 Å². The summed E-state index contributed by atoms with van der Waals surface area (Å²) < 4.78 is 2.96. The van der Waals surface area contributed by atoms with Gasteiger partial charge in [0.2, 0.25) is 0 Å². The molecule has 2 aromatic heterocycles. The van der Waals surface area contributed by atoms with E-state index in [9.17, 15) is 0 Å². The van der Waals surface area contributed by atoms with Crippen molar-refractivity contribution in [3.05, 3.63) is 39.9 Å². The number of halogens is 1. The molecule has 0 atom stereocenters. The lowest BCUT2D eigenvalue weighted by Crippen LogP contribution is -1.86. The molecule has 5 heteroatoms. The largest absolute Gasteiger partial charge is 0.396 e. The SMILES string of the molecule is Cn1cc(-c2nc(Br)c(CCO)s2)c2ccccc21. The average molecular weight is 337 g/mol. The average Bonchev–Trinajstić information content (AvgIpc) is 2.93. The summed E-state index contributed by atoms with van der Waals surface area (Å²) in [5.74, 6) is 0. The van der Waals surface area contributed by atoms with Crippen molar-refractivity contribution in [2.75, 3.05) is 6.61 Å². The van der Waals surface area contributed by atoms with Gasteiger partial charge in [-0.25, -0.2) is 4.98 Å². The van der Waals surface area contributed by atoms with Crippen LogP contribution in [0.3, 0.4) is 0 Å². The Bertz CT molecular complexity index is 732. The minimum Gasteiger partial charge on any atom is -0.396 e. The van der Waals surface area contributed by atoms with Gasteiger partial charge < -0.3 is 9.67 Å². The quantitative estimate of drug-likeness (QED) is 0.793. The molecule has 1 N–H and O–H groups in total. The van der Waals surface area contributed by atoms with Gasteiger partial charge in [-0.2, -0.15) is 0 Å². The Morgan fingerprint density at radius 3 is 2.95 bits per heavy atom. The first-order chi connectivity index (χ1) is 9.20. The van der Waals surface area contributed by atoms with Gasteiger partial charge in [0.1, 0.15) is 9.61 Å². The number of aryl methyl sites for hydroxylation is 1. The first-order valence-corrected chi connectivity index (χ1v) is 7.62. The van der Waals surface area contributed by atoms with Crippen LogP contribution in [0, 0.1) is 0 Å². The second kappa shape index (κ2) is 5.07. The Labute approximate surface area is 123 Å². The number of benzene rings is 1. The number of para-hydroxylation sites is 1. The predicted octanol–water partition coefficient (Wildman–Crippen LogP) is 3.60. The van der Waals surface area contributed by atoms with Gasteiger partial charge in [0.15, 0.2) is 0 Å². The normalized spacial score (nSPS) is 11.3. The van der Waals surface area contributed by atoms with Crippen LogP contribution < -0.4 is 0 Å². The standard InChI is InChI=1S/C14H13BrN2OS/c1-17-8-10(9-4-2-3-5-11(9)17)14-16-13(15)12(19-14)6-7-18/h2-5,8,18H,6-7H2,1H3. The zero-order valence-corrected chi connectivity index (χ0v) is 12.8. The monoisotopic (exact) mass is 336 g/mol. The lowest BCUT2D eigenvalue weighted by molar-refractivity contribution is 0.300. The summed E-state index contributed by atoms with van der Waals surface area (Å²) in [4.78, 5) is 5.66. The molecule has 0 saturated heterocycles. The maximum Gasteiger partial charge on any atom is 0.127 e. The van der Waals surface area contributed by atoms with Gasteiger partial charge in [-0.1, -0.05) is 18.2 Å². The minimum absolute atomic E-state index is 0.149. The summed E-state index contributed by atoms with van der Waals surface area (Å²) in [6, 6.07) is 8.31. The molecule has 3 nitrogen and oxygen atoms in total. The second-order valence-electron chi connectivity index (χ2n) is 4.38. The molecule has 98 valence electrons. The summed E-state index contributed by atoms with van der Waals surface area (Å²) in [6.45, 7) is 0.149. The number of thiazole rings is 1. The summed E-state index contributed by atoms with van der Waals surface area (Å²) in [7, 11) is 2.04. The molecular formula is C14H13BrN2OS. The highest BCUT2D eigenvalue weighted by Gasteiger charge is 2.14. The fourth-order valence-corrected chi connectivity index (χ4v) is 3.92. The van der Waals surface area contributed by atoms with Gasteiger partial charge >= 0.3 is 0 Å². The fraction of sp³-hybridized carbons (Fsp3) is 0.214. The molecule has 0 aliphatic carbocycles. The Morgan fingerprint density at radius 2 is 2.16 bits per heavy atom. The van der Waals surface area contributed by atoms with Gasteiger partial charge in [-0.3, -0.25) is 0 Å². The lowest BCUT2D eigenvalue weighted by Gasteiger charge is -1.93. The van der Waals surface area contributed by atoms with Gasteiger partial charge in [0.05, 0.1) is 0 Å². The molecule has 2 heterocycles. The Hall–Kier alpha value is -1.17. The molecule has 0 fully saturated rings. The van der Waals surface area contributed by atoms with Crippen molar-refractivity contribution in [1.29, 1.82) is 0 Å². The highest BCUT2D eigenvalue weighted by molar-refractivity contribution is 9.10. The maximum atomic E-state index is 9.05. The summed E-state index contributed by atoms with van der Waals surface area (Å²) in [5, 5.41) is 11.3. The molecule has 0 amide bonds. The van der Waals surface area contributed by atoms with Crippen molar-refractivity contribution in [3.63, 3.8) is 0 Å². The molecule has 0 bridgehead atoms. The van der Waals surface area contributed by atoms with E-state index in [-0.39, 0.29) is 6.61 Å². The third-order valence-electron chi connectivity index (χ3n) is 3.12. The number of aliphatic hydroxyl groups excluding tert-OH is 1. The van der Waals surface area contributed by atoms with E-state index < -0.39 is 0 Å². The Morgan fingerprint density at radius 1 is 1.37 bits per heavy atom. The van der Waals surface area contributed by atoms with Crippen LogP contribution in [0.25, 0.3) is 21.5 Å². The zero-order valence-electron chi connectivity index (χ0n) is 10.4. The number of rotatable bonds is 3. The first-order valence-electron chi connectivity index (χ1n) is 6.01. The van der Waals surface area contributed by atoms with Crippen LogP contribution in [0.5, 0.6) is 0 Å². The van der Waals surface area contributed by atoms with Gasteiger partial charge in [0, 0.05) is 47.6 Å². The molecule has 3 rings (SSSR count). The maximum absolute atomic E-state index is 9.05. The van der Waals surface area contributed by atoms with Crippen molar-refractivity contribution >= 4 is 38.2 Å². The number of aliphatic hydroxyl groups is 1. The second-order valence-corrected chi connectivity index (χ2v) is 6.21. The van der Waals surface area contributed by atoms with Gasteiger partial charge in [0.25, 0.3) is 0 Å². The number of hydrogen-bond donors (Lipinski definition) is 1. The van der Waals surface area contributed by atoms with E-state index in [2.05, 4.69) is 43.8 Å². The molecule has 0 aliphatic rings. The summed E-state index contributed by atoms with van der Waals surface area (Å²) in [5.41, 5.74) is 2.35. The van der Waals surface area contributed by atoms with E-state index in [0.717, 1.165) is 20.1 Å². The van der Waals surface area contributed by atoms with Crippen molar-refractivity contribution in [3.8, 4) is 10.6 Å². The van der Waals surface area contributed by atoms with Crippen molar-refractivity contribution in [2.24, 2.45) is 7.05 Å². The van der Waals surface area contributed by atoms with E-state index in [1.165, 1.54) is 10.9 Å². The van der Waals surface area contributed by atoms with Crippen LogP contribution in [-0.2, 0) is 13.5 Å². The molecule has 0 radical (unpaired) electrons.